The summed E-state index contributed by atoms with van der Waals surface area (Å²) in [5.41, 5.74) is 6.19. The molecule has 2 rings (SSSR count). The molecule has 4 atom stereocenters. The van der Waals surface area contributed by atoms with Crippen LogP contribution in [0, 0.1) is 5.92 Å². The molecule has 2 aliphatic rings. The molecule has 0 aromatic heterocycles. The van der Waals surface area contributed by atoms with Crippen LogP contribution in [0.2, 0.25) is 0 Å². The number of aliphatic hydroxyl groups is 1. The SMILES string of the molecule is CC1SCCCC1(CN)NC1CCCCC1CO. The van der Waals surface area contributed by atoms with Gasteiger partial charge in [0.1, 0.15) is 0 Å². The standard InChI is InChI=1S/C14H28N2OS/c1-11-14(10-15,7-4-8-18-11)16-13-6-3-2-5-12(13)9-17/h11-13,16-17H,2-10,15H2,1H3. The lowest BCUT2D eigenvalue weighted by molar-refractivity contribution is 0.123. The van der Waals surface area contributed by atoms with E-state index in [1.165, 1.54) is 37.9 Å². The molecule has 0 amide bonds. The fraction of sp³-hybridized carbons (Fsp3) is 1.00. The molecular formula is C14H28N2OS. The minimum absolute atomic E-state index is 0.0956. The van der Waals surface area contributed by atoms with Crippen LogP contribution in [0.4, 0.5) is 0 Å². The lowest BCUT2D eigenvalue weighted by Gasteiger charge is -2.47. The van der Waals surface area contributed by atoms with Gasteiger partial charge in [-0.3, -0.25) is 0 Å². The van der Waals surface area contributed by atoms with E-state index in [-0.39, 0.29) is 5.54 Å². The van der Waals surface area contributed by atoms with Crippen LogP contribution in [-0.4, -0.2) is 40.8 Å². The second-order valence-corrected chi connectivity index (χ2v) is 7.40. The molecule has 1 saturated carbocycles. The van der Waals surface area contributed by atoms with Gasteiger partial charge in [0, 0.05) is 30.0 Å². The summed E-state index contributed by atoms with van der Waals surface area (Å²) >= 11 is 2.04. The summed E-state index contributed by atoms with van der Waals surface area (Å²) < 4.78 is 0. The monoisotopic (exact) mass is 272 g/mol. The van der Waals surface area contributed by atoms with E-state index in [1.807, 2.05) is 11.8 Å². The van der Waals surface area contributed by atoms with Crippen molar-refractivity contribution in [3.63, 3.8) is 0 Å². The van der Waals surface area contributed by atoms with Crippen LogP contribution in [0.1, 0.15) is 45.4 Å². The van der Waals surface area contributed by atoms with Crippen LogP contribution in [0.25, 0.3) is 0 Å². The van der Waals surface area contributed by atoms with E-state index in [9.17, 15) is 5.11 Å². The number of nitrogens with one attached hydrogen (secondary N) is 1. The smallest absolute Gasteiger partial charge is 0.0474 e. The highest BCUT2D eigenvalue weighted by atomic mass is 32.2. The fourth-order valence-electron chi connectivity index (χ4n) is 3.51. The van der Waals surface area contributed by atoms with Gasteiger partial charge in [0.15, 0.2) is 0 Å². The van der Waals surface area contributed by atoms with Crippen molar-refractivity contribution in [3.05, 3.63) is 0 Å². The molecule has 0 aromatic rings. The number of hydrogen-bond donors (Lipinski definition) is 3. The van der Waals surface area contributed by atoms with Crippen molar-refractivity contribution >= 4 is 11.8 Å². The maximum Gasteiger partial charge on any atom is 0.0474 e. The van der Waals surface area contributed by atoms with Crippen molar-refractivity contribution in [2.24, 2.45) is 11.7 Å². The predicted molar refractivity (Wildman–Crippen MR) is 78.9 cm³/mol. The van der Waals surface area contributed by atoms with Crippen LogP contribution in [0.3, 0.4) is 0 Å². The molecule has 2 fully saturated rings. The van der Waals surface area contributed by atoms with E-state index < -0.39 is 0 Å². The zero-order valence-corrected chi connectivity index (χ0v) is 12.3. The first kappa shape index (κ1) is 14.6. The van der Waals surface area contributed by atoms with Crippen molar-refractivity contribution < 1.29 is 5.11 Å². The Labute approximate surface area is 115 Å². The molecular weight excluding hydrogens is 244 g/mol. The van der Waals surface area contributed by atoms with Crippen molar-refractivity contribution in [2.45, 2.75) is 62.3 Å². The summed E-state index contributed by atoms with van der Waals surface area (Å²) in [5.74, 6) is 1.69. The van der Waals surface area contributed by atoms with E-state index in [0.717, 1.165) is 13.0 Å². The minimum atomic E-state index is 0.0956. The topological polar surface area (TPSA) is 58.3 Å². The van der Waals surface area contributed by atoms with Crippen molar-refractivity contribution in [1.82, 2.24) is 5.32 Å². The molecule has 4 N–H and O–H groups in total. The average Bonchev–Trinajstić information content (AvgIpc) is 2.42. The Morgan fingerprint density at radius 1 is 1.33 bits per heavy atom. The summed E-state index contributed by atoms with van der Waals surface area (Å²) in [4.78, 5) is 0. The molecule has 0 aromatic carbocycles. The molecule has 1 heterocycles. The maximum absolute atomic E-state index is 9.54. The third kappa shape index (κ3) is 3.03. The van der Waals surface area contributed by atoms with Gasteiger partial charge in [0.05, 0.1) is 0 Å². The van der Waals surface area contributed by atoms with Crippen LogP contribution >= 0.6 is 11.8 Å². The summed E-state index contributed by atoms with van der Waals surface area (Å²) in [6, 6.07) is 0.466. The number of hydrogen-bond acceptors (Lipinski definition) is 4. The Balaban J connectivity index is 2.03. The van der Waals surface area contributed by atoms with E-state index in [1.54, 1.807) is 0 Å². The van der Waals surface area contributed by atoms with Gasteiger partial charge in [-0.05, 0) is 37.4 Å². The third-order valence-corrected chi connectivity index (χ3v) is 6.37. The first-order valence-corrected chi connectivity index (χ1v) is 8.47. The second-order valence-electron chi connectivity index (χ2n) is 5.95. The highest BCUT2D eigenvalue weighted by Gasteiger charge is 2.40. The molecule has 4 heteroatoms. The van der Waals surface area contributed by atoms with Crippen LogP contribution in [-0.2, 0) is 0 Å². The van der Waals surface area contributed by atoms with Crippen LogP contribution < -0.4 is 11.1 Å². The summed E-state index contributed by atoms with van der Waals surface area (Å²) in [7, 11) is 0. The quantitative estimate of drug-likeness (QED) is 0.729. The molecule has 0 spiro atoms. The minimum Gasteiger partial charge on any atom is -0.396 e. The molecule has 1 saturated heterocycles. The fourth-order valence-corrected chi connectivity index (χ4v) is 4.78. The Hall–Kier alpha value is 0.230. The number of rotatable bonds is 4. The highest BCUT2D eigenvalue weighted by Crippen LogP contribution is 2.36. The van der Waals surface area contributed by atoms with E-state index in [4.69, 9.17) is 5.73 Å². The highest BCUT2D eigenvalue weighted by molar-refractivity contribution is 8.00. The average molecular weight is 272 g/mol. The van der Waals surface area contributed by atoms with Gasteiger partial charge in [0.25, 0.3) is 0 Å². The molecule has 18 heavy (non-hydrogen) atoms. The summed E-state index contributed by atoms with van der Waals surface area (Å²) in [6.45, 7) is 3.34. The van der Waals surface area contributed by atoms with E-state index in [2.05, 4.69) is 12.2 Å². The van der Waals surface area contributed by atoms with Crippen molar-refractivity contribution in [2.75, 3.05) is 18.9 Å². The normalized spacial score (nSPS) is 41.8. The Bertz CT molecular complexity index is 264. The van der Waals surface area contributed by atoms with E-state index >= 15 is 0 Å². The Morgan fingerprint density at radius 2 is 2.11 bits per heavy atom. The molecule has 0 bridgehead atoms. The predicted octanol–water partition coefficient (Wildman–Crippen LogP) is 1.74. The maximum atomic E-state index is 9.54. The molecule has 106 valence electrons. The second kappa shape index (κ2) is 6.60. The molecule has 1 aliphatic carbocycles. The Morgan fingerprint density at radius 3 is 2.78 bits per heavy atom. The number of thioether (sulfide) groups is 1. The largest absolute Gasteiger partial charge is 0.396 e. The van der Waals surface area contributed by atoms with Gasteiger partial charge in [-0.25, -0.2) is 0 Å². The molecule has 3 nitrogen and oxygen atoms in total. The zero-order chi connectivity index (χ0) is 13.0. The Kier molecular flexibility index (Phi) is 5.36. The summed E-state index contributed by atoms with van der Waals surface area (Å²) in [5, 5.41) is 14.0. The van der Waals surface area contributed by atoms with Crippen molar-refractivity contribution in [3.8, 4) is 0 Å². The number of aliphatic hydroxyl groups excluding tert-OH is 1. The van der Waals surface area contributed by atoms with Gasteiger partial charge in [-0.1, -0.05) is 19.8 Å². The van der Waals surface area contributed by atoms with Crippen molar-refractivity contribution in [1.29, 1.82) is 0 Å². The van der Waals surface area contributed by atoms with Crippen LogP contribution in [0.5, 0.6) is 0 Å². The number of nitrogens with two attached hydrogens (primary N) is 1. The first-order chi connectivity index (χ1) is 8.72. The van der Waals surface area contributed by atoms with Gasteiger partial charge >= 0.3 is 0 Å². The first-order valence-electron chi connectivity index (χ1n) is 7.42. The van der Waals surface area contributed by atoms with E-state index in [0.29, 0.717) is 23.8 Å². The van der Waals surface area contributed by atoms with Crippen LogP contribution in [0.15, 0.2) is 0 Å². The molecule has 4 unspecified atom stereocenters. The van der Waals surface area contributed by atoms with Gasteiger partial charge in [-0.15, -0.1) is 0 Å². The lowest BCUT2D eigenvalue weighted by atomic mass is 9.81. The molecule has 1 aliphatic heterocycles. The van der Waals surface area contributed by atoms with Gasteiger partial charge in [0.2, 0.25) is 0 Å². The molecule has 0 radical (unpaired) electrons. The van der Waals surface area contributed by atoms with Gasteiger partial charge in [-0.2, -0.15) is 11.8 Å². The van der Waals surface area contributed by atoms with Gasteiger partial charge < -0.3 is 16.2 Å². The third-order valence-electron chi connectivity index (χ3n) is 4.89. The zero-order valence-electron chi connectivity index (χ0n) is 11.5. The lowest BCUT2D eigenvalue weighted by Crippen LogP contribution is -2.63. The summed E-state index contributed by atoms with van der Waals surface area (Å²) in [6.07, 6.45) is 7.36.